The summed E-state index contributed by atoms with van der Waals surface area (Å²) in [4.78, 5) is 27.8. The molecule has 154 valence electrons. The summed E-state index contributed by atoms with van der Waals surface area (Å²) < 4.78 is 14.6. The van der Waals surface area contributed by atoms with Crippen LogP contribution < -0.4 is 5.30 Å². The van der Waals surface area contributed by atoms with Gasteiger partial charge in [-0.3, -0.25) is 9.59 Å². The fourth-order valence-corrected chi connectivity index (χ4v) is 6.46. The number of aryl methyl sites for hydroxylation is 4. The minimum absolute atomic E-state index is 0.288. The number of benzene rings is 3. The lowest BCUT2D eigenvalue weighted by molar-refractivity contribution is 0.103. The van der Waals surface area contributed by atoms with Crippen molar-refractivity contribution >= 4 is 23.5 Å². The van der Waals surface area contributed by atoms with Crippen LogP contribution in [0.1, 0.15) is 56.8 Å². The number of carbonyl (C=O) groups is 2. The molecule has 0 saturated carbocycles. The molecule has 0 saturated heterocycles. The number of rotatable bonds is 7. The Balaban J connectivity index is 2.32. The van der Waals surface area contributed by atoms with Crippen molar-refractivity contribution in [3.8, 4) is 0 Å². The summed E-state index contributed by atoms with van der Waals surface area (Å²) in [5.74, 6) is 0. The minimum Gasteiger partial charge on any atom is -0.302 e. The van der Waals surface area contributed by atoms with Gasteiger partial charge in [-0.15, -0.1) is 0 Å². The molecule has 0 aliphatic rings. The first-order valence-electron chi connectivity index (χ1n) is 10.3. The molecule has 3 nitrogen and oxygen atoms in total. The summed E-state index contributed by atoms with van der Waals surface area (Å²) in [5.41, 5.74) is 2.78. The molecule has 0 radical (unpaired) electrons. The molecule has 0 aromatic heterocycles. The van der Waals surface area contributed by atoms with Crippen LogP contribution in [-0.2, 0) is 17.4 Å². The molecular formula is C26H27O3P. The van der Waals surface area contributed by atoms with Crippen LogP contribution in [0.5, 0.6) is 0 Å². The van der Waals surface area contributed by atoms with Crippen molar-refractivity contribution in [3.63, 3.8) is 0 Å². The highest BCUT2D eigenvalue weighted by atomic mass is 31.2. The molecule has 0 heterocycles. The smallest absolute Gasteiger partial charge is 0.248 e. The summed E-state index contributed by atoms with van der Waals surface area (Å²) in [6, 6.07) is 19.7. The van der Waals surface area contributed by atoms with E-state index < -0.39 is 18.2 Å². The van der Waals surface area contributed by atoms with Crippen molar-refractivity contribution in [2.75, 3.05) is 0 Å². The van der Waals surface area contributed by atoms with Crippen molar-refractivity contribution < 1.29 is 14.2 Å². The van der Waals surface area contributed by atoms with Crippen LogP contribution in [0.4, 0.5) is 0 Å². The standard InChI is InChI=1S/C26H27O3P/c1-5-20-14-11-15-21(6-2)24(20)26(28)30(29,22-16-8-7-9-17-22)25(27)23-18(3)12-10-13-19(23)4/h7-17H,5-6H2,1-4H3. The number of carbonyl (C=O) groups excluding carboxylic acids is 2. The Morgan fingerprint density at radius 3 is 1.63 bits per heavy atom. The molecule has 3 rings (SSSR count). The maximum atomic E-state index is 14.6. The van der Waals surface area contributed by atoms with Crippen molar-refractivity contribution in [2.24, 2.45) is 0 Å². The Hall–Kier alpha value is -2.77. The topological polar surface area (TPSA) is 51.2 Å². The average Bonchev–Trinajstić information content (AvgIpc) is 2.77. The van der Waals surface area contributed by atoms with E-state index in [4.69, 9.17) is 0 Å². The van der Waals surface area contributed by atoms with Gasteiger partial charge < -0.3 is 4.57 Å². The zero-order valence-corrected chi connectivity index (χ0v) is 18.8. The first-order chi connectivity index (χ1) is 14.4. The summed E-state index contributed by atoms with van der Waals surface area (Å²) in [6.07, 6.45) is 1.25. The molecule has 0 N–H and O–H groups in total. The molecule has 1 unspecified atom stereocenters. The fraction of sp³-hybridized carbons (Fsp3) is 0.231. The van der Waals surface area contributed by atoms with E-state index in [-0.39, 0.29) is 5.30 Å². The van der Waals surface area contributed by atoms with Crippen molar-refractivity contribution in [3.05, 3.63) is 100 Å². The van der Waals surface area contributed by atoms with E-state index in [0.717, 1.165) is 22.3 Å². The van der Waals surface area contributed by atoms with Gasteiger partial charge in [-0.25, -0.2) is 0 Å². The second-order valence-electron chi connectivity index (χ2n) is 7.48. The van der Waals surface area contributed by atoms with Gasteiger partial charge in [0.25, 0.3) is 0 Å². The fourth-order valence-electron chi connectivity index (χ4n) is 3.95. The molecule has 0 bridgehead atoms. The van der Waals surface area contributed by atoms with Crippen molar-refractivity contribution in [1.82, 2.24) is 0 Å². The van der Waals surface area contributed by atoms with E-state index in [9.17, 15) is 14.2 Å². The Kier molecular flexibility index (Phi) is 6.53. The maximum absolute atomic E-state index is 14.6. The zero-order valence-electron chi connectivity index (χ0n) is 17.9. The Morgan fingerprint density at radius 2 is 1.13 bits per heavy atom. The average molecular weight is 418 g/mol. The van der Waals surface area contributed by atoms with E-state index in [1.807, 2.05) is 64.1 Å². The molecule has 4 heteroatoms. The highest BCUT2D eigenvalue weighted by Crippen LogP contribution is 2.52. The Bertz CT molecular complexity index is 1100. The second-order valence-corrected chi connectivity index (χ2v) is 10.0. The number of hydrogen-bond donors (Lipinski definition) is 0. The van der Waals surface area contributed by atoms with Crippen LogP contribution in [0.15, 0.2) is 66.7 Å². The van der Waals surface area contributed by atoms with Gasteiger partial charge in [0.2, 0.25) is 18.2 Å². The lowest BCUT2D eigenvalue weighted by atomic mass is 9.98. The van der Waals surface area contributed by atoms with Crippen LogP contribution >= 0.6 is 7.14 Å². The molecule has 0 aliphatic heterocycles. The quantitative estimate of drug-likeness (QED) is 0.436. The molecule has 1 atom stereocenters. The van der Waals surface area contributed by atoms with Crippen molar-refractivity contribution in [2.45, 2.75) is 40.5 Å². The Morgan fingerprint density at radius 1 is 0.667 bits per heavy atom. The van der Waals surface area contributed by atoms with Gasteiger partial charge in [-0.1, -0.05) is 80.6 Å². The minimum atomic E-state index is -4.11. The van der Waals surface area contributed by atoms with E-state index >= 15 is 0 Å². The first-order valence-corrected chi connectivity index (χ1v) is 12.0. The predicted octanol–water partition coefficient (Wildman–Crippen LogP) is 6.10. The SMILES string of the molecule is CCc1cccc(CC)c1C(=O)P(=O)(C(=O)c1c(C)cccc1C)c1ccccc1. The summed E-state index contributed by atoms with van der Waals surface area (Å²) in [6.45, 7) is 7.56. The van der Waals surface area contributed by atoms with Gasteiger partial charge in [0, 0.05) is 16.4 Å². The van der Waals surface area contributed by atoms with Gasteiger partial charge in [0.1, 0.15) is 0 Å². The molecule has 0 fully saturated rings. The summed E-state index contributed by atoms with van der Waals surface area (Å²) in [5, 5.41) is 0.288. The highest BCUT2D eigenvalue weighted by Gasteiger charge is 2.44. The molecule has 3 aromatic rings. The largest absolute Gasteiger partial charge is 0.302 e. The third kappa shape index (κ3) is 3.70. The predicted molar refractivity (Wildman–Crippen MR) is 123 cm³/mol. The maximum Gasteiger partial charge on any atom is 0.248 e. The lowest BCUT2D eigenvalue weighted by Crippen LogP contribution is -2.23. The highest BCUT2D eigenvalue weighted by molar-refractivity contribution is 8.01. The van der Waals surface area contributed by atoms with E-state index in [1.165, 1.54) is 0 Å². The first kappa shape index (κ1) is 21.9. The third-order valence-electron chi connectivity index (χ3n) is 5.60. The van der Waals surface area contributed by atoms with E-state index in [1.54, 1.807) is 30.3 Å². The van der Waals surface area contributed by atoms with Crippen LogP contribution in [0.3, 0.4) is 0 Å². The Labute approximate surface area is 178 Å². The van der Waals surface area contributed by atoms with Crippen molar-refractivity contribution in [1.29, 1.82) is 0 Å². The second kappa shape index (κ2) is 8.93. The van der Waals surface area contributed by atoms with E-state index in [2.05, 4.69) is 0 Å². The van der Waals surface area contributed by atoms with Crippen LogP contribution in [-0.4, -0.2) is 11.0 Å². The molecular weight excluding hydrogens is 391 g/mol. The van der Waals surface area contributed by atoms with Gasteiger partial charge in [0.15, 0.2) is 0 Å². The summed E-state index contributed by atoms with van der Waals surface area (Å²) >= 11 is 0. The molecule has 30 heavy (non-hydrogen) atoms. The zero-order chi connectivity index (χ0) is 21.9. The van der Waals surface area contributed by atoms with Crippen LogP contribution in [0.25, 0.3) is 0 Å². The monoisotopic (exact) mass is 418 g/mol. The molecule has 0 spiro atoms. The van der Waals surface area contributed by atoms with E-state index in [0.29, 0.717) is 24.0 Å². The molecule has 0 amide bonds. The van der Waals surface area contributed by atoms with Gasteiger partial charge in [0.05, 0.1) is 0 Å². The summed E-state index contributed by atoms with van der Waals surface area (Å²) in [7, 11) is -4.11. The van der Waals surface area contributed by atoms with Crippen LogP contribution in [0.2, 0.25) is 0 Å². The molecule has 0 aliphatic carbocycles. The van der Waals surface area contributed by atoms with Gasteiger partial charge >= 0.3 is 0 Å². The lowest BCUT2D eigenvalue weighted by Gasteiger charge is -2.21. The van der Waals surface area contributed by atoms with Gasteiger partial charge in [-0.2, -0.15) is 0 Å². The molecule has 3 aromatic carbocycles. The third-order valence-corrected chi connectivity index (χ3v) is 8.22. The van der Waals surface area contributed by atoms with Crippen LogP contribution in [0, 0.1) is 13.8 Å². The normalized spacial score (nSPS) is 12.9. The van der Waals surface area contributed by atoms with Gasteiger partial charge in [-0.05, 0) is 48.9 Å². The number of hydrogen-bond acceptors (Lipinski definition) is 3.